The molecule has 1 heterocycles. The highest BCUT2D eigenvalue weighted by molar-refractivity contribution is 9.10. The van der Waals surface area contributed by atoms with Crippen LogP contribution in [0.5, 0.6) is 0 Å². The van der Waals surface area contributed by atoms with Gasteiger partial charge in [-0.25, -0.2) is 0 Å². The highest BCUT2D eigenvalue weighted by Gasteiger charge is 2.09. The number of halogens is 2. The van der Waals surface area contributed by atoms with Crippen molar-refractivity contribution < 1.29 is 4.79 Å². The van der Waals surface area contributed by atoms with Gasteiger partial charge < -0.3 is 0 Å². The lowest BCUT2D eigenvalue weighted by Gasteiger charge is -2.01. The van der Waals surface area contributed by atoms with Crippen LogP contribution in [0.1, 0.15) is 15.2 Å². The van der Waals surface area contributed by atoms with Gasteiger partial charge in [0.25, 0.3) is 0 Å². The van der Waals surface area contributed by atoms with Crippen molar-refractivity contribution in [3.63, 3.8) is 0 Å². The predicted octanol–water partition coefficient (Wildman–Crippen LogP) is 3.98. The first-order valence-electron chi connectivity index (χ1n) is 4.52. The van der Waals surface area contributed by atoms with Crippen molar-refractivity contribution in [2.75, 3.05) is 0 Å². The van der Waals surface area contributed by atoms with Gasteiger partial charge in [0.1, 0.15) is 0 Å². The van der Waals surface area contributed by atoms with Gasteiger partial charge in [-0.1, -0.05) is 27.5 Å². The van der Waals surface area contributed by atoms with Gasteiger partial charge in [0, 0.05) is 32.6 Å². The third-order valence-electron chi connectivity index (χ3n) is 2.00. The second kappa shape index (κ2) is 5.08. The van der Waals surface area contributed by atoms with E-state index in [2.05, 4.69) is 20.9 Å². The fourth-order valence-electron chi connectivity index (χ4n) is 1.30. The van der Waals surface area contributed by atoms with Crippen LogP contribution < -0.4 is 0 Å². The number of thiazole rings is 1. The van der Waals surface area contributed by atoms with Gasteiger partial charge >= 0.3 is 0 Å². The number of carbonyl (C=O) groups is 1. The molecule has 2 nitrogen and oxygen atoms in total. The summed E-state index contributed by atoms with van der Waals surface area (Å²) in [4.78, 5) is 16.8. The molecule has 0 N–H and O–H groups in total. The molecular weight excluding hydrogens is 310 g/mol. The average molecular weight is 317 g/mol. The van der Waals surface area contributed by atoms with Crippen LogP contribution in [-0.2, 0) is 6.42 Å². The second-order valence-electron chi connectivity index (χ2n) is 3.23. The predicted molar refractivity (Wildman–Crippen MR) is 69.3 cm³/mol. The number of benzene rings is 1. The van der Waals surface area contributed by atoms with E-state index in [1.54, 1.807) is 29.9 Å². The second-order valence-corrected chi connectivity index (χ2v) is 5.55. The van der Waals surface area contributed by atoms with E-state index in [0.717, 1.165) is 9.35 Å². The molecule has 2 aromatic rings. The lowest BCUT2D eigenvalue weighted by Crippen LogP contribution is -2.02. The summed E-state index contributed by atoms with van der Waals surface area (Å²) in [6.07, 6.45) is 2.08. The number of hydrogen-bond donors (Lipinski definition) is 0. The zero-order valence-electron chi connectivity index (χ0n) is 8.11. The molecule has 5 heteroatoms. The maximum absolute atomic E-state index is 11.9. The molecular formula is C11H7BrClNOS. The molecule has 1 aromatic heterocycles. The summed E-state index contributed by atoms with van der Waals surface area (Å²) < 4.78 is 0.813. The molecule has 0 aliphatic rings. The fraction of sp³-hybridized carbons (Fsp3) is 0.0909. The van der Waals surface area contributed by atoms with Crippen LogP contribution in [0, 0.1) is 0 Å². The molecule has 0 radical (unpaired) electrons. The number of aromatic nitrogens is 1. The van der Waals surface area contributed by atoms with Crippen molar-refractivity contribution in [3.05, 3.63) is 49.8 Å². The topological polar surface area (TPSA) is 30.0 Å². The number of carbonyl (C=O) groups excluding carboxylic acids is 1. The highest BCUT2D eigenvalue weighted by atomic mass is 79.9. The van der Waals surface area contributed by atoms with E-state index in [9.17, 15) is 4.79 Å². The Balaban J connectivity index is 2.21. The first-order chi connectivity index (χ1) is 7.65. The number of ketones is 1. The highest BCUT2D eigenvalue weighted by Crippen LogP contribution is 2.21. The number of nitrogens with zero attached hydrogens (tertiary/aromatic N) is 1. The van der Waals surface area contributed by atoms with Crippen LogP contribution in [0.15, 0.2) is 34.4 Å². The Morgan fingerprint density at radius 3 is 2.88 bits per heavy atom. The van der Waals surface area contributed by atoms with Crippen LogP contribution in [0.25, 0.3) is 0 Å². The molecule has 82 valence electrons. The first-order valence-corrected chi connectivity index (χ1v) is 6.57. The molecule has 0 fully saturated rings. The maximum Gasteiger partial charge on any atom is 0.168 e. The summed E-state index contributed by atoms with van der Waals surface area (Å²) >= 11 is 10.7. The molecule has 0 aliphatic heterocycles. The van der Waals surface area contributed by atoms with E-state index in [4.69, 9.17) is 11.6 Å². The monoisotopic (exact) mass is 315 g/mol. The molecule has 0 aliphatic carbocycles. The SMILES string of the molecule is O=C(Cc1cncs1)c1cc(Cl)cc(Br)c1. The average Bonchev–Trinajstić information content (AvgIpc) is 2.68. The Labute approximate surface area is 110 Å². The van der Waals surface area contributed by atoms with E-state index in [-0.39, 0.29) is 5.78 Å². The van der Waals surface area contributed by atoms with E-state index in [0.29, 0.717) is 17.0 Å². The molecule has 0 saturated carbocycles. The molecule has 0 atom stereocenters. The number of hydrogen-bond acceptors (Lipinski definition) is 3. The Morgan fingerprint density at radius 2 is 2.25 bits per heavy atom. The normalized spacial score (nSPS) is 10.4. The molecule has 0 bridgehead atoms. The molecule has 1 aromatic carbocycles. The molecule has 0 spiro atoms. The molecule has 2 rings (SSSR count). The van der Waals surface area contributed by atoms with Crippen molar-refractivity contribution in [2.45, 2.75) is 6.42 Å². The molecule has 0 amide bonds. The van der Waals surface area contributed by atoms with Crippen molar-refractivity contribution in [1.29, 1.82) is 0 Å². The minimum atomic E-state index is 0.0486. The van der Waals surface area contributed by atoms with Crippen molar-refractivity contribution >= 4 is 44.7 Å². The minimum absolute atomic E-state index is 0.0486. The summed E-state index contributed by atoms with van der Waals surface area (Å²) in [5.41, 5.74) is 2.34. The van der Waals surface area contributed by atoms with Crippen LogP contribution in [0.4, 0.5) is 0 Å². The summed E-state index contributed by atoms with van der Waals surface area (Å²) in [5, 5.41) is 0.557. The largest absolute Gasteiger partial charge is 0.294 e. The van der Waals surface area contributed by atoms with Gasteiger partial charge in [0.05, 0.1) is 5.51 Å². The van der Waals surface area contributed by atoms with Gasteiger partial charge in [0.2, 0.25) is 0 Å². The first kappa shape index (κ1) is 11.8. The van der Waals surface area contributed by atoms with Gasteiger partial charge in [-0.05, 0) is 18.2 Å². The third kappa shape index (κ3) is 2.90. The fourth-order valence-corrected chi connectivity index (χ4v) is 2.76. The smallest absolute Gasteiger partial charge is 0.168 e. The Bertz CT molecular complexity index is 492. The number of Topliss-reactive ketones (excluding diaryl/α,β-unsaturated/α-hetero) is 1. The maximum atomic E-state index is 11.9. The van der Waals surface area contributed by atoms with E-state index >= 15 is 0 Å². The summed E-state index contributed by atoms with van der Waals surface area (Å²) in [7, 11) is 0. The zero-order valence-corrected chi connectivity index (χ0v) is 11.3. The van der Waals surface area contributed by atoms with Crippen LogP contribution in [-0.4, -0.2) is 10.8 Å². The molecule has 16 heavy (non-hydrogen) atoms. The quantitative estimate of drug-likeness (QED) is 0.802. The van der Waals surface area contributed by atoms with Crippen LogP contribution in [0.2, 0.25) is 5.02 Å². The van der Waals surface area contributed by atoms with E-state index in [1.165, 1.54) is 11.3 Å². The van der Waals surface area contributed by atoms with Crippen molar-refractivity contribution in [2.24, 2.45) is 0 Å². The Hall–Kier alpha value is -0.710. The van der Waals surface area contributed by atoms with Crippen LogP contribution >= 0.6 is 38.9 Å². The molecule has 0 unspecified atom stereocenters. The lowest BCUT2D eigenvalue weighted by atomic mass is 10.1. The Kier molecular flexibility index (Phi) is 3.74. The van der Waals surface area contributed by atoms with Crippen LogP contribution in [0.3, 0.4) is 0 Å². The van der Waals surface area contributed by atoms with E-state index in [1.807, 2.05) is 0 Å². The summed E-state index contributed by atoms with van der Waals surface area (Å²) in [5.74, 6) is 0.0486. The van der Waals surface area contributed by atoms with Gasteiger partial charge in [-0.2, -0.15) is 0 Å². The lowest BCUT2D eigenvalue weighted by molar-refractivity contribution is 0.0993. The minimum Gasteiger partial charge on any atom is -0.294 e. The van der Waals surface area contributed by atoms with E-state index < -0.39 is 0 Å². The van der Waals surface area contributed by atoms with Gasteiger partial charge in [-0.3, -0.25) is 9.78 Å². The van der Waals surface area contributed by atoms with Crippen molar-refractivity contribution in [3.8, 4) is 0 Å². The van der Waals surface area contributed by atoms with Crippen molar-refractivity contribution in [1.82, 2.24) is 4.98 Å². The third-order valence-corrected chi connectivity index (χ3v) is 3.46. The van der Waals surface area contributed by atoms with Gasteiger partial charge in [-0.15, -0.1) is 11.3 Å². The standard InChI is InChI=1S/C11H7BrClNOS/c12-8-1-7(2-9(13)3-8)11(15)4-10-5-14-6-16-10/h1-3,5-6H,4H2. The zero-order chi connectivity index (χ0) is 11.5. The summed E-state index contributed by atoms with van der Waals surface area (Å²) in [6.45, 7) is 0. The summed E-state index contributed by atoms with van der Waals surface area (Å²) in [6, 6.07) is 5.20. The number of rotatable bonds is 3. The molecule has 0 saturated heterocycles. The van der Waals surface area contributed by atoms with Gasteiger partial charge in [0.15, 0.2) is 5.78 Å². The Morgan fingerprint density at radius 1 is 1.44 bits per heavy atom.